The molecule has 6 nitrogen and oxygen atoms in total. The summed E-state index contributed by atoms with van der Waals surface area (Å²) in [6.07, 6.45) is 3.47. The third-order valence-corrected chi connectivity index (χ3v) is 4.16. The normalized spacial score (nSPS) is 11.8. The van der Waals surface area contributed by atoms with E-state index in [0.717, 1.165) is 21.4 Å². The van der Waals surface area contributed by atoms with Crippen molar-refractivity contribution in [1.29, 1.82) is 0 Å². The number of nitrogens with zero attached hydrogens (tertiary/aromatic N) is 3. The maximum absolute atomic E-state index is 9.27. The molecule has 0 aliphatic carbocycles. The third-order valence-electron chi connectivity index (χ3n) is 3.47. The van der Waals surface area contributed by atoms with Gasteiger partial charge in [-0.3, -0.25) is 4.98 Å². The number of halogens is 1. The Morgan fingerprint density at radius 3 is 2.72 bits per heavy atom. The van der Waals surface area contributed by atoms with Gasteiger partial charge in [-0.15, -0.1) is 0 Å². The summed E-state index contributed by atoms with van der Waals surface area (Å²) in [5, 5.41) is 15.7. The number of hydrogen-bond acceptors (Lipinski definition) is 6. The summed E-state index contributed by atoms with van der Waals surface area (Å²) < 4.78 is 0.940. The highest BCUT2D eigenvalue weighted by molar-refractivity contribution is 9.10. The first-order chi connectivity index (χ1) is 12.2. The van der Waals surface area contributed by atoms with E-state index in [-0.39, 0.29) is 12.6 Å². The Morgan fingerprint density at radius 1 is 1.16 bits per heavy atom. The molecule has 3 aromatic rings. The molecule has 1 atom stereocenters. The number of rotatable bonds is 6. The molecule has 0 radical (unpaired) electrons. The van der Waals surface area contributed by atoms with Crippen molar-refractivity contribution in [2.75, 3.05) is 17.2 Å². The number of benzene rings is 1. The lowest BCUT2D eigenvalue weighted by Crippen LogP contribution is -2.21. The summed E-state index contributed by atoms with van der Waals surface area (Å²) in [6.45, 7) is 1.86. The van der Waals surface area contributed by atoms with Gasteiger partial charge in [0.25, 0.3) is 0 Å². The van der Waals surface area contributed by atoms with Gasteiger partial charge in [0.1, 0.15) is 5.82 Å². The van der Waals surface area contributed by atoms with Crippen LogP contribution in [0.4, 0.5) is 17.5 Å². The van der Waals surface area contributed by atoms with Crippen LogP contribution in [0.3, 0.4) is 0 Å². The van der Waals surface area contributed by atoms with Gasteiger partial charge < -0.3 is 15.7 Å². The molecule has 0 unspecified atom stereocenters. The van der Waals surface area contributed by atoms with E-state index < -0.39 is 0 Å². The van der Waals surface area contributed by atoms with Gasteiger partial charge in [-0.25, -0.2) is 4.98 Å². The first kappa shape index (κ1) is 17.3. The van der Waals surface area contributed by atoms with Crippen molar-refractivity contribution < 1.29 is 5.11 Å². The summed E-state index contributed by atoms with van der Waals surface area (Å²) in [6, 6.07) is 13.3. The van der Waals surface area contributed by atoms with Crippen LogP contribution in [0, 0.1) is 0 Å². The number of aromatic nitrogens is 3. The monoisotopic (exact) mass is 399 g/mol. The van der Waals surface area contributed by atoms with E-state index in [9.17, 15) is 5.11 Å². The molecule has 0 amide bonds. The van der Waals surface area contributed by atoms with Gasteiger partial charge in [0.05, 0.1) is 18.0 Å². The Kier molecular flexibility index (Phi) is 5.57. The fourth-order valence-electron chi connectivity index (χ4n) is 2.20. The fraction of sp³-hybridized carbons (Fsp3) is 0.167. The molecule has 0 saturated heterocycles. The molecule has 7 heteroatoms. The SMILES string of the molecule is C[C@H](CO)Nc1nc(Nc2ccccc2Br)cc(-c2cccnc2)n1. The first-order valence-corrected chi connectivity index (χ1v) is 8.63. The van der Waals surface area contributed by atoms with E-state index in [2.05, 4.69) is 41.5 Å². The Labute approximate surface area is 154 Å². The number of para-hydroxylation sites is 1. The lowest BCUT2D eigenvalue weighted by molar-refractivity contribution is 0.281. The average Bonchev–Trinajstić information content (AvgIpc) is 2.64. The lowest BCUT2D eigenvalue weighted by atomic mass is 10.2. The summed E-state index contributed by atoms with van der Waals surface area (Å²) in [7, 11) is 0. The highest BCUT2D eigenvalue weighted by atomic mass is 79.9. The number of nitrogens with one attached hydrogen (secondary N) is 2. The van der Waals surface area contributed by atoms with Gasteiger partial charge in [-0.1, -0.05) is 12.1 Å². The molecule has 128 valence electrons. The van der Waals surface area contributed by atoms with Crippen LogP contribution in [0.1, 0.15) is 6.92 Å². The molecule has 0 saturated carbocycles. The van der Waals surface area contributed by atoms with Gasteiger partial charge in [0.15, 0.2) is 0 Å². The van der Waals surface area contributed by atoms with E-state index in [1.165, 1.54) is 0 Å². The van der Waals surface area contributed by atoms with Crippen LogP contribution in [-0.4, -0.2) is 32.7 Å². The second-order valence-corrected chi connectivity index (χ2v) is 6.39. The summed E-state index contributed by atoms with van der Waals surface area (Å²) >= 11 is 3.52. The molecule has 0 spiro atoms. The molecule has 0 aliphatic rings. The standard InChI is InChI=1S/C18H18BrN5O/c1-12(11-25)21-18-23-16(13-5-4-8-20-10-13)9-17(24-18)22-15-7-3-2-6-14(15)19/h2-10,12,25H,11H2,1H3,(H2,21,22,23,24)/t12-/m1/s1. The largest absolute Gasteiger partial charge is 0.394 e. The number of anilines is 3. The number of hydrogen-bond donors (Lipinski definition) is 3. The van der Waals surface area contributed by atoms with Gasteiger partial charge in [-0.05, 0) is 47.1 Å². The Morgan fingerprint density at radius 2 is 2.00 bits per heavy atom. The zero-order valence-electron chi connectivity index (χ0n) is 13.6. The van der Waals surface area contributed by atoms with Crippen LogP contribution in [-0.2, 0) is 0 Å². The maximum atomic E-state index is 9.27. The molecule has 3 rings (SSSR count). The first-order valence-electron chi connectivity index (χ1n) is 7.84. The third kappa shape index (κ3) is 4.52. The van der Waals surface area contributed by atoms with Gasteiger partial charge in [0.2, 0.25) is 5.95 Å². The summed E-state index contributed by atoms with van der Waals surface area (Å²) in [5.41, 5.74) is 2.53. The molecule has 0 aliphatic heterocycles. The highest BCUT2D eigenvalue weighted by Crippen LogP contribution is 2.27. The molecule has 1 aromatic carbocycles. The van der Waals surface area contributed by atoms with Crippen LogP contribution in [0.5, 0.6) is 0 Å². The van der Waals surface area contributed by atoms with Crippen molar-refractivity contribution in [1.82, 2.24) is 15.0 Å². The molecule has 0 bridgehead atoms. The Hall–Kier alpha value is -2.51. The predicted molar refractivity (Wildman–Crippen MR) is 103 cm³/mol. The number of aliphatic hydroxyl groups excluding tert-OH is 1. The van der Waals surface area contributed by atoms with Crippen molar-refractivity contribution in [3.63, 3.8) is 0 Å². The lowest BCUT2D eigenvalue weighted by Gasteiger charge is -2.14. The topological polar surface area (TPSA) is 83.0 Å². The van der Waals surface area contributed by atoms with Gasteiger partial charge in [-0.2, -0.15) is 4.98 Å². The Balaban J connectivity index is 1.99. The molecule has 3 N–H and O–H groups in total. The van der Waals surface area contributed by atoms with Crippen LogP contribution in [0.2, 0.25) is 0 Å². The van der Waals surface area contributed by atoms with Gasteiger partial charge in [0, 0.05) is 34.5 Å². The molecule has 2 aromatic heterocycles. The predicted octanol–water partition coefficient (Wildman–Crippen LogP) is 3.84. The molecule has 25 heavy (non-hydrogen) atoms. The molecule has 2 heterocycles. The van der Waals surface area contributed by atoms with Crippen molar-refractivity contribution in [2.45, 2.75) is 13.0 Å². The van der Waals surface area contributed by atoms with E-state index in [1.54, 1.807) is 12.4 Å². The van der Waals surface area contributed by atoms with Crippen molar-refractivity contribution >= 4 is 33.4 Å². The van der Waals surface area contributed by atoms with Crippen LogP contribution in [0.15, 0.2) is 59.3 Å². The second-order valence-electron chi connectivity index (χ2n) is 5.54. The summed E-state index contributed by atoms with van der Waals surface area (Å²) in [5.74, 6) is 1.09. The van der Waals surface area contributed by atoms with Crippen LogP contribution in [0.25, 0.3) is 11.3 Å². The quantitative estimate of drug-likeness (QED) is 0.583. The molecule has 0 fully saturated rings. The van der Waals surface area contributed by atoms with E-state index >= 15 is 0 Å². The zero-order chi connectivity index (χ0) is 17.6. The van der Waals surface area contributed by atoms with E-state index in [4.69, 9.17) is 0 Å². The minimum absolute atomic E-state index is 0.00647. The van der Waals surface area contributed by atoms with Crippen molar-refractivity contribution in [2.24, 2.45) is 0 Å². The van der Waals surface area contributed by atoms with E-state index in [0.29, 0.717) is 11.8 Å². The highest BCUT2D eigenvalue weighted by Gasteiger charge is 2.10. The maximum Gasteiger partial charge on any atom is 0.225 e. The smallest absolute Gasteiger partial charge is 0.225 e. The zero-order valence-corrected chi connectivity index (χ0v) is 15.2. The number of aliphatic hydroxyl groups is 1. The van der Waals surface area contributed by atoms with Crippen LogP contribution < -0.4 is 10.6 Å². The average molecular weight is 400 g/mol. The molecular weight excluding hydrogens is 382 g/mol. The fourth-order valence-corrected chi connectivity index (χ4v) is 2.59. The molecular formula is C18H18BrN5O. The van der Waals surface area contributed by atoms with Gasteiger partial charge >= 0.3 is 0 Å². The van der Waals surface area contributed by atoms with Crippen molar-refractivity contribution in [3.8, 4) is 11.3 Å². The minimum atomic E-state index is -0.152. The van der Waals surface area contributed by atoms with Crippen molar-refractivity contribution in [3.05, 3.63) is 59.3 Å². The Bertz CT molecular complexity index is 844. The second kappa shape index (κ2) is 8.04. The number of pyridine rings is 1. The van der Waals surface area contributed by atoms with Crippen LogP contribution >= 0.6 is 15.9 Å². The summed E-state index contributed by atoms with van der Waals surface area (Å²) in [4.78, 5) is 13.2. The van der Waals surface area contributed by atoms with E-state index in [1.807, 2.05) is 49.4 Å². The minimum Gasteiger partial charge on any atom is -0.394 e.